The van der Waals surface area contributed by atoms with Crippen LogP contribution in [0.25, 0.3) is 11.3 Å². The van der Waals surface area contributed by atoms with Gasteiger partial charge in [0.05, 0.1) is 4.90 Å². The third kappa shape index (κ3) is 3.87. The summed E-state index contributed by atoms with van der Waals surface area (Å²) in [6.07, 6.45) is 0.530. The number of aromatic amines is 1. The minimum absolute atomic E-state index is 0.0531. The van der Waals surface area contributed by atoms with Crippen molar-refractivity contribution in [1.29, 1.82) is 0 Å². The van der Waals surface area contributed by atoms with Crippen molar-refractivity contribution in [3.8, 4) is 11.3 Å². The number of anilines is 1. The van der Waals surface area contributed by atoms with Gasteiger partial charge in [0.2, 0.25) is 10.0 Å². The number of amides is 1. The number of fused-ring (bicyclic) bond motifs is 1. The van der Waals surface area contributed by atoms with Gasteiger partial charge in [0.1, 0.15) is 5.56 Å². The molecule has 166 valence electrons. The van der Waals surface area contributed by atoms with E-state index in [1.807, 2.05) is 30.3 Å². The molecule has 1 N–H and O–H groups in total. The molecular formula is C24H25N3O4S. The van der Waals surface area contributed by atoms with Gasteiger partial charge in [0.25, 0.3) is 11.5 Å². The number of hydrogen-bond donors (Lipinski definition) is 1. The highest BCUT2D eigenvalue weighted by Gasteiger charge is 2.30. The van der Waals surface area contributed by atoms with Gasteiger partial charge >= 0.3 is 0 Å². The Labute approximate surface area is 187 Å². The van der Waals surface area contributed by atoms with Crippen molar-refractivity contribution in [3.63, 3.8) is 0 Å². The lowest BCUT2D eigenvalue weighted by molar-refractivity contribution is 0.0988. The smallest absolute Gasteiger partial charge is 0.263 e. The van der Waals surface area contributed by atoms with E-state index in [0.29, 0.717) is 37.4 Å². The van der Waals surface area contributed by atoms with Gasteiger partial charge in [0, 0.05) is 31.0 Å². The molecule has 0 saturated carbocycles. The number of hydrogen-bond acceptors (Lipinski definition) is 4. The first-order chi connectivity index (χ1) is 15.4. The maximum absolute atomic E-state index is 13.1. The fraction of sp³-hybridized carbons (Fsp3) is 0.250. The van der Waals surface area contributed by atoms with Crippen LogP contribution in [0, 0.1) is 0 Å². The first-order valence-corrected chi connectivity index (χ1v) is 12.0. The second-order valence-electron chi connectivity index (χ2n) is 7.57. The number of aromatic nitrogens is 1. The topological polar surface area (TPSA) is 90.6 Å². The summed E-state index contributed by atoms with van der Waals surface area (Å²) in [7, 11) is -3.58. The summed E-state index contributed by atoms with van der Waals surface area (Å²) in [4.78, 5) is 30.3. The van der Waals surface area contributed by atoms with Crippen LogP contribution >= 0.6 is 0 Å². The molecule has 4 rings (SSSR count). The minimum Gasteiger partial charge on any atom is -0.321 e. The molecule has 1 aliphatic rings. The first kappa shape index (κ1) is 22.0. The molecule has 2 heterocycles. The number of nitrogens with one attached hydrogen (secondary N) is 1. The van der Waals surface area contributed by atoms with Gasteiger partial charge < -0.3 is 9.88 Å². The highest BCUT2D eigenvalue weighted by atomic mass is 32.2. The van der Waals surface area contributed by atoms with E-state index in [0.717, 1.165) is 11.1 Å². The van der Waals surface area contributed by atoms with Crippen molar-refractivity contribution in [2.75, 3.05) is 24.5 Å². The molecule has 3 aromatic rings. The van der Waals surface area contributed by atoms with Crippen molar-refractivity contribution in [2.24, 2.45) is 0 Å². The van der Waals surface area contributed by atoms with Crippen molar-refractivity contribution >= 4 is 21.6 Å². The number of carbonyl (C=O) groups excluding carboxylic acids is 1. The Morgan fingerprint density at radius 2 is 1.75 bits per heavy atom. The molecule has 0 radical (unpaired) electrons. The molecule has 8 heteroatoms. The Morgan fingerprint density at radius 3 is 2.41 bits per heavy atom. The largest absolute Gasteiger partial charge is 0.321 e. The van der Waals surface area contributed by atoms with Crippen molar-refractivity contribution < 1.29 is 13.2 Å². The van der Waals surface area contributed by atoms with Gasteiger partial charge in [-0.05, 0) is 47.9 Å². The monoisotopic (exact) mass is 451 g/mol. The van der Waals surface area contributed by atoms with Crippen LogP contribution in [-0.2, 0) is 16.4 Å². The summed E-state index contributed by atoms with van der Waals surface area (Å²) < 4.78 is 27.1. The highest BCUT2D eigenvalue weighted by Crippen LogP contribution is 2.32. The zero-order valence-corrected chi connectivity index (χ0v) is 18.9. The molecule has 32 heavy (non-hydrogen) atoms. The Morgan fingerprint density at radius 1 is 1.03 bits per heavy atom. The summed E-state index contributed by atoms with van der Waals surface area (Å²) in [6.45, 7) is 4.78. The van der Waals surface area contributed by atoms with Crippen LogP contribution in [0.3, 0.4) is 0 Å². The van der Waals surface area contributed by atoms with E-state index < -0.39 is 21.5 Å². The summed E-state index contributed by atoms with van der Waals surface area (Å²) in [5, 5.41) is 0. The second kappa shape index (κ2) is 8.72. The Hall–Kier alpha value is -3.23. The number of pyridine rings is 1. The summed E-state index contributed by atoms with van der Waals surface area (Å²) >= 11 is 0. The van der Waals surface area contributed by atoms with Crippen molar-refractivity contribution in [1.82, 2.24) is 9.29 Å². The molecule has 0 bridgehead atoms. The van der Waals surface area contributed by atoms with Gasteiger partial charge in [-0.2, -0.15) is 4.31 Å². The van der Waals surface area contributed by atoms with Crippen LogP contribution in [0.15, 0.2) is 70.4 Å². The van der Waals surface area contributed by atoms with Crippen LogP contribution in [0.2, 0.25) is 0 Å². The second-order valence-corrected chi connectivity index (χ2v) is 9.51. The maximum atomic E-state index is 13.1. The van der Waals surface area contributed by atoms with Gasteiger partial charge in [-0.3, -0.25) is 9.59 Å². The number of H-pyrrole nitrogens is 1. The Balaban J connectivity index is 1.63. The quantitative estimate of drug-likeness (QED) is 0.623. The molecule has 0 unspecified atom stereocenters. The SMILES string of the molecule is CCN(CC)S(=O)(=O)c1ccc2c(c1)CCN2C(=O)c1ccc(-c2ccccc2)[nH]c1=O. The molecule has 0 spiro atoms. The van der Waals surface area contributed by atoms with Gasteiger partial charge in [-0.15, -0.1) is 0 Å². The number of benzene rings is 2. The standard InChI is InChI=1S/C24H25N3O4S/c1-3-26(4-2)32(30,31)19-10-13-22-18(16-19)14-15-27(22)24(29)20-11-12-21(25-23(20)28)17-8-6-5-7-9-17/h5-13,16H,3-4,14-15H2,1-2H3,(H,25,28). The average Bonchev–Trinajstić information content (AvgIpc) is 3.23. The lowest BCUT2D eigenvalue weighted by Crippen LogP contribution is -2.33. The molecule has 0 saturated heterocycles. The van der Waals surface area contributed by atoms with E-state index in [9.17, 15) is 18.0 Å². The molecule has 7 nitrogen and oxygen atoms in total. The molecule has 1 aromatic heterocycles. The van der Waals surface area contributed by atoms with Crippen LogP contribution in [-0.4, -0.2) is 43.2 Å². The molecule has 0 atom stereocenters. The number of nitrogens with zero attached hydrogens (tertiary/aromatic N) is 2. The van der Waals surface area contributed by atoms with E-state index in [-0.39, 0.29) is 10.5 Å². The van der Waals surface area contributed by atoms with E-state index in [1.165, 1.54) is 15.3 Å². The van der Waals surface area contributed by atoms with E-state index in [1.54, 1.807) is 38.1 Å². The fourth-order valence-electron chi connectivity index (χ4n) is 4.04. The molecular weight excluding hydrogens is 426 g/mol. The minimum atomic E-state index is -3.58. The molecule has 0 aliphatic carbocycles. The van der Waals surface area contributed by atoms with Crippen LogP contribution in [0.1, 0.15) is 29.8 Å². The summed E-state index contributed by atoms with van der Waals surface area (Å²) in [5.74, 6) is -0.399. The van der Waals surface area contributed by atoms with Gasteiger partial charge in [-0.1, -0.05) is 44.2 Å². The van der Waals surface area contributed by atoms with Crippen LogP contribution in [0.5, 0.6) is 0 Å². The Bertz CT molecular complexity index is 1310. The number of carbonyl (C=O) groups is 1. The maximum Gasteiger partial charge on any atom is 0.263 e. The van der Waals surface area contributed by atoms with Gasteiger partial charge in [-0.25, -0.2) is 8.42 Å². The predicted molar refractivity (Wildman–Crippen MR) is 124 cm³/mol. The Kier molecular flexibility index (Phi) is 5.99. The fourth-order valence-corrected chi connectivity index (χ4v) is 5.54. The lowest BCUT2D eigenvalue weighted by atomic mass is 10.1. The first-order valence-electron chi connectivity index (χ1n) is 10.6. The molecule has 1 amide bonds. The van der Waals surface area contributed by atoms with Crippen molar-refractivity contribution in [3.05, 3.63) is 82.1 Å². The van der Waals surface area contributed by atoms with Crippen LogP contribution < -0.4 is 10.5 Å². The normalized spacial score (nSPS) is 13.4. The third-order valence-corrected chi connectivity index (χ3v) is 7.81. The van der Waals surface area contributed by atoms with E-state index in [4.69, 9.17) is 0 Å². The number of rotatable bonds is 6. The average molecular weight is 452 g/mol. The molecule has 0 fully saturated rings. The summed E-state index contributed by atoms with van der Waals surface area (Å²) in [5.41, 5.74) is 2.52. The number of sulfonamides is 1. The molecule has 1 aliphatic heterocycles. The highest BCUT2D eigenvalue weighted by molar-refractivity contribution is 7.89. The van der Waals surface area contributed by atoms with E-state index in [2.05, 4.69) is 4.98 Å². The van der Waals surface area contributed by atoms with Gasteiger partial charge in [0.15, 0.2) is 0 Å². The zero-order valence-electron chi connectivity index (χ0n) is 18.0. The van der Waals surface area contributed by atoms with E-state index >= 15 is 0 Å². The van der Waals surface area contributed by atoms with Crippen molar-refractivity contribution in [2.45, 2.75) is 25.2 Å². The predicted octanol–water partition coefficient (Wildman–Crippen LogP) is 3.28. The zero-order chi connectivity index (χ0) is 22.9. The third-order valence-electron chi connectivity index (χ3n) is 5.76. The lowest BCUT2D eigenvalue weighted by Gasteiger charge is -2.20. The summed E-state index contributed by atoms with van der Waals surface area (Å²) in [6, 6.07) is 17.5. The molecule has 2 aromatic carbocycles. The van der Waals surface area contributed by atoms with Crippen LogP contribution in [0.4, 0.5) is 5.69 Å².